The van der Waals surface area contributed by atoms with Crippen LogP contribution in [0.2, 0.25) is 5.02 Å². The molecule has 1 saturated heterocycles. The molecule has 0 aliphatic carbocycles. The van der Waals surface area contributed by atoms with E-state index in [2.05, 4.69) is 57.8 Å². The number of rotatable bonds is 4. The Labute approximate surface area is 182 Å². The van der Waals surface area contributed by atoms with E-state index >= 15 is 0 Å². The Balaban J connectivity index is 1.57. The van der Waals surface area contributed by atoms with Crippen LogP contribution in [0.15, 0.2) is 60.9 Å². The van der Waals surface area contributed by atoms with E-state index in [1.165, 1.54) is 12.0 Å². The smallest absolute Gasteiger partial charge is 0.222 e. The van der Waals surface area contributed by atoms with Crippen LogP contribution in [0.4, 0.5) is 0 Å². The van der Waals surface area contributed by atoms with Gasteiger partial charge < -0.3 is 9.47 Å². The first-order valence-electron chi connectivity index (χ1n) is 10.8. The first-order valence-corrected chi connectivity index (χ1v) is 11.2. The molecule has 0 N–H and O–H groups in total. The SMILES string of the molecule is CC1CCCCN1C(=O)CCC1(c2ccc(Cl)cc2)c2ccccc2-c2nccn21. The number of halogens is 1. The number of benzene rings is 2. The summed E-state index contributed by atoms with van der Waals surface area (Å²) >= 11 is 6.21. The topological polar surface area (TPSA) is 38.1 Å². The van der Waals surface area contributed by atoms with E-state index in [9.17, 15) is 4.79 Å². The van der Waals surface area contributed by atoms with Gasteiger partial charge >= 0.3 is 0 Å². The van der Waals surface area contributed by atoms with Crippen molar-refractivity contribution in [2.75, 3.05) is 6.54 Å². The summed E-state index contributed by atoms with van der Waals surface area (Å²) in [5.41, 5.74) is 3.02. The highest BCUT2D eigenvalue weighted by Gasteiger charge is 2.45. The second kappa shape index (κ2) is 7.59. The zero-order chi connectivity index (χ0) is 20.7. The number of fused-ring (bicyclic) bond motifs is 3. The van der Waals surface area contributed by atoms with E-state index in [4.69, 9.17) is 11.6 Å². The van der Waals surface area contributed by atoms with Crippen molar-refractivity contribution in [2.24, 2.45) is 0 Å². The molecule has 5 rings (SSSR count). The Morgan fingerprint density at radius 1 is 1.17 bits per heavy atom. The van der Waals surface area contributed by atoms with Crippen LogP contribution in [-0.2, 0) is 10.3 Å². The van der Waals surface area contributed by atoms with Gasteiger partial charge in [-0.05, 0) is 55.9 Å². The molecule has 30 heavy (non-hydrogen) atoms. The maximum atomic E-state index is 13.2. The van der Waals surface area contributed by atoms with Crippen molar-refractivity contribution in [2.45, 2.75) is 50.6 Å². The summed E-state index contributed by atoms with van der Waals surface area (Å²) in [6, 6.07) is 16.8. The van der Waals surface area contributed by atoms with Gasteiger partial charge in [0.25, 0.3) is 0 Å². The lowest BCUT2D eigenvalue weighted by molar-refractivity contribution is -0.134. The Kier molecular flexibility index (Phi) is 4.90. The number of imidazole rings is 1. The predicted octanol–water partition coefficient (Wildman–Crippen LogP) is 5.49. The molecule has 1 fully saturated rings. The maximum absolute atomic E-state index is 13.2. The first kappa shape index (κ1) is 19.4. The highest BCUT2D eigenvalue weighted by molar-refractivity contribution is 6.30. The third-order valence-electron chi connectivity index (χ3n) is 6.81. The lowest BCUT2D eigenvalue weighted by Crippen LogP contribution is -2.43. The lowest BCUT2D eigenvalue weighted by Gasteiger charge is -2.37. The predicted molar refractivity (Wildman–Crippen MR) is 120 cm³/mol. The fourth-order valence-corrected chi connectivity index (χ4v) is 5.42. The van der Waals surface area contributed by atoms with Crippen molar-refractivity contribution < 1.29 is 4.79 Å². The van der Waals surface area contributed by atoms with Crippen LogP contribution in [0.5, 0.6) is 0 Å². The van der Waals surface area contributed by atoms with Crippen LogP contribution in [0, 0.1) is 0 Å². The Bertz CT molecular complexity index is 1070. The number of hydrogen-bond acceptors (Lipinski definition) is 2. The third-order valence-corrected chi connectivity index (χ3v) is 7.06. The molecular weight excluding hydrogens is 394 g/mol. The minimum Gasteiger partial charge on any atom is -0.340 e. The zero-order valence-corrected chi connectivity index (χ0v) is 18.0. The second-order valence-corrected chi connectivity index (χ2v) is 8.90. The van der Waals surface area contributed by atoms with Gasteiger partial charge in [0.1, 0.15) is 5.82 Å². The molecule has 2 aliphatic rings. The van der Waals surface area contributed by atoms with E-state index < -0.39 is 5.54 Å². The van der Waals surface area contributed by atoms with Crippen LogP contribution in [0.25, 0.3) is 11.4 Å². The van der Waals surface area contributed by atoms with Gasteiger partial charge in [0, 0.05) is 42.0 Å². The molecule has 2 atom stereocenters. The monoisotopic (exact) mass is 419 g/mol. The zero-order valence-electron chi connectivity index (χ0n) is 17.2. The molecule has 0 bridgehead atoms. The largest absolute Gasteiger partial charge is 0.340 e. The molecular formula is C25H26ClN3O. The standard InChI is InChI=1S/C25H26ClN3O/c1-18-6-4-5-16-28(18)23(30)13-14-25(19-9-11-20(26)12-10-19)22-8-3-2-7-21(22)24-27-15-17-29(24)25/h2-3,7-12,15,17-18H,4-6,13-14,16H2,1H3. The van der Waals surface area contributed by atoms with Crippen molar-refractivity contribution in [3.8, 4) is 11.4 Å². The van der Waals surface area contributed by atoms with E-state index in [1.807, 2.05) is 24.5 Å². The Morgan fingerprint density at radius 3 is 2.77 bits per heavy atom. The number of carbonyl (C=O) groups excluding carboxylic acids is 1. The minimum absolute atomic E-state index is 0.251. The highest BCUT2D eigenvalue weighted by Crippen LogP contribution is 2.49. The number of piperidine rings is 1. The molecule has 3 heterocycles. The molecule has 1 amide bonds. The van der Waals surface area contributed by atoms with Crippen molar-refractivity contribution in [1.29, 1.82) is 0 Å². The second-order valence-electron chi connectivity index (χ2n) is 8.47. The summed E-state index contributed by atoms with van der Waals surface area (Å²) in [7, 11) is 0. The quantitative estimate of drug-likeness (QED) is 0.560. The lowest BCUT2D eigenvalue weighted by atomic mass is 9.79. The van der Waals surface area contributed by atoms with Crippen molar-refractivity contribution >= 4 is 17.5 Å². The highest BCUT2D eigenvalue weighted by atomic mass is 35.5. The summed E-state index contributed by atoms with van der Waals surface area (Å²) in [5.74, 6) is 1.21. The molecule has 5 heteroatoms. The van der Waals surface area contributed by atoms with Crippen molar-refractivity contribution in [3.63, 3.8) is 0 Å². The van der Waals surface area contributed by atoms with Crippen LogP contribution in [0.1, 0.15) is 50.2 Å². The van der Waals surface area contributed by atoms with Gasteiger partial charge in [-0.15, -0.1) is 0 Å². The molecule has 1 aromatic heterocycles. The van der Waals surface area contributed by atoms with E-state index in [1.54, 1.807) is 0 Å². The fourth-order valence-electron chi connectivity index (χ4n) is 5.30. The van der Waals surface area contributed by atoms with Crippen LogP contribution in [-0.4, -0.2) is 32.9 Å². The van der Waals surface area contributed by atoms with Crippen LogP contribution < -0.4 is 0 Å². The van der Waals surface area contributed by atoms with E-state index in [0.29, 0.717) is 23.9 Å². The summed E-state index contributed by atoms with van der Waals surface area (Å²) < 4.78 is 2.24. The summed E-state index contributed by atoms with van der Waals surface area (Å²) in [4.78, 5) is 20.0. The van der Waals surface area contributed by atoms with Gasteiger partial charge in [-0.25, -0.2) is 4.98 Å². The third kappa shape index (κ3) is 2.97. The Hall–Kier alpha value is -2.59. The molecule has 2 aliphatic heterocycles. The number of nitrogens with zero attached hydrogens (tertiary/aromatic N) is 3. The maximum Gasteiger partial charge on any atom is 0.222 e. The van der Waals surface area contributed by atoms with Crippen LogP contribution >= 0.6 is 11.6 Å². The van der Waals surface area contributed by atoms with Crippen molar-refractivity contribution in [3.05, 3.63) is 77.1 Å². The van der Waals surface area contributed by atoms with Gasteiger partial charge in [0.05, 0.1) is 5.54 Å². The van der Waals surface area contributed by atoms with Crippen LogP contribution in [0.3, 0.4) is 0 Å². The fraction of sp³-hybridized carbons (Fsp3) is 0.360. The van der Waals surface area contributed by atoms with Gasteiger partial charge in [-0.3, -0.25) is 4.79 Å². The molecule has 2 aromatic carbocycles. The molecule has 3 aromatic rings. The Morgan fingerprint density at radius 2 is 1.97 bits per heavy atom. The molecule has 0 spiro atoms. The normalized spacial score (nSPS) is 22.6. The molecule has 0 radical (unpaired) electrons. The van der Waals surface area contributed by atoms with E-state index in [-0.39, 0.29) is 5.91 Å². The first-order chi connectivity index (χ1) is 14.6. The molecule has 2 unspecified atom stereocenters. The molecule has 154 valence electrons. The number of likely N-dealkylation sites (tertiary alicyclic amines) is 1. The van der Waals surface area contributed by atoms with Crippen molar-refractivity contribution in [1.82, 2.24) is 14.5 Å². The summed E-state index contributed by atoms with van der Waals surface area (Å²) in [6.07, 6.45) is 8.50. The number of amides is 1. The number of aromatic nitrogens is 2. The molecule has 0 saturated carbocycles. The average Bonchev–Trinajstić information content (AvgIpc) is 3.34. The van der Waals surface area contributed by atoms with Gasteiger partial charge in [-0.2, -0.15) is 0 Å². The minimum atomic E-state index is -0.457. The van der Waals surface area contributed by atoms with E-state index in [0.717, 1.165) is 36.3 Å². The average molecular weight is 420 g/mol. The summed E-state index contributed by atoms with van der Waals surface area (Å²) in [5, 5.41) is 0.712. The van der Waals surface area contributed by atoms with Gasteiger partial charge in [-0.1, -0.05) is 48.0 Å². The number of carbonyl (C=O) groups is 1. The van der Waals surface area contributed by atoms with Gasteiger partial charge in [0.2, 0.25) is 5.91 Å². The molecule has 4 nitrogen and oxygen atoms in total. The number of hydrogen-bond donors (Lipinski definition) is 0. The summed E-state index contributed by atoms with van der Waals surface area (Å²) in [6.45, 7) is 3.05. The van der Waals surface area contributed by atoms with Gasteiger partial charge in [0.15, 0.2) is 0 Å².